The van der Waals surface area contributed by atoms with Gasteiger partial charge in [0.1, 0.15) is 0 Å². The molecule has 0 heterocycles. The second-order valence-electron chi connectivity index (χ2n) is 5.95. The number of rotatable bonds is 4. The first-order valence-corrected chi connectivity index (χ1v) is 9.83. The lowest BCUT2D eigenvalue weighted by molar-refractivity contribution is 0.681. The van der Waals surface area contributed by atoms with Gasteiger partial charge >= 0.3 is 0 Å². The van der Waals surface area contributed by atoms with E-state index in [1.54, 1.807) is 11.8 Å². The first-order valence-electron chi connectivity index (χ1n) is 7.86. The smallest absolute Gasteiger partial charge is 0.0861 e. The third-order valence-electron chi connectivity index (χ3n) is 3.78. The van der Waals surface area contributed by atoms with E-state index in [0.29, 0.717) is 0 Å². The summed E-state index contributed by atoms with van der Waals surface area (Å²) < 4.78 is 13.0. The molecule has 3 aromatic carbocycles. The molecule has 122 valence electrons. The molecular weight excluding hydrogens is 332 g/mol. The average Bonchev–Trinajstić information content (AvgIpc) is 2.57. The molecule has 1 atom stereocenters. The maximum absolute atomic E-state index is 13.0. The molecule has 0 N–H and O–H groups in total. The predicted molar refractivity (Wildman–Crippen MR) is 102 cm³/mol. The van der Waals surface area contributed by atoms with Gasteiger partial charge in [-0.05, 0) is 62.7 Å². The molecule has 3 rings (SSSR count). The van der Waals surface area contributed by atoms with Gasteiger partial charge in [-0.15, -0.1) is 0 Å². The summed E-state index contributed by atoms with van der Waals surface area (Å²) in [6.45, 7) is 6.19. The number of hydrogen-bond acceptors (Lipinski definition) is 2. The quantitative estimate of drug-likeness (QED) is 0.579. The third kappa shape index (κ3) is 3.97. The van der Waals surface area contributed by atoms with Crippen LogP contribution in [-0.2, 0) is 10.8 Å². The van der Waals surface area contributed by atoms with Gasteiger partial charge in [0.15, 0.2) is 0 Å². The fourth-order valence-corrected chi connectivity index (χ4v) is 4.73. The molecule has 0 bridgehead atoms. The summed E-state index contributed by atoms with van der Waals surface area (Å²) in [5, 5.41) is 0. The van der Waals surface area contributed by atoms with E-state index in [1.165, 1.54) is 16.7 Å². The van der Waals surface area contributed by atoms with Crippen molar-refractivity contribution in [2.24, 2.45) is 0 Å². The van der Waals surface area contributed by atoms with Crippen molar-refractivity contribution in [1.82, 2.24) is 0 Å². The molecular formula is C21H20OS2. The molecule has 0 aliphatic heterocycles. The van der Waals surface area contributed by atoms with Crippen molar-refractivity contribution in [2.75, 3.05) is 0 Å². The molecule has 1 unspecified atom stereocenters. The Morgan fingerprint density at radius 3 is 1.88 bits per heavy atom. The SMILES string of the molecule is Cc1ccc(Sc2cc(C)ccc2S(=O)c2ccc(C)cc2)cc1. The topological polar surface area (TPSA) is 17.1 Å². The molecule has 0 aliphatic rings. The minimum atomic E-state index is -1.17. The minimum absolute atomic E-state index is 0.843. The van der Waals surface area contributed by atoms with E-state index in [0.717, 1.165) is 19.6 Å². The van der Waals surface area contributed by atoms with E-state index < -0.39 is 10.8 Å². The molecule has 24 heavy (non-hydrogen) atoms. The van der Waals surface area contributed by atoms with Gasteiger partial charge in [-0.2, -0.15) is 0 Å². The van der Waals surface area contributed by atoms with Gasteiger partial charge in [0, 0.05) is 14.7 Å². The van der Waals surface area contributed by atoms with Crippen molar-refractivity contribution >= 4 is 22.6 Å². The summed E-state index contributed by atoms with van der Waals surface area (Å²) in [5.41, 5.74) is 3.59. The van der Waals surface area contributed by atoms with E-state index >= 15 is 0 Å². The summed E-state index contributed by atoms with van der Waals surface area (Å²) in [6.07, 6.45) is 0. The molecule has 0 amide bonds. The Hall–Kier alpha value is -1.84. The average molecular weight is 353 g/mol. The minimum Gasteiger partial charge on any atom is -0.249 e. The van der Waals surface area contributed by atoms with Gasteiger partial charge in [-0.1, -0.05) is 53.2 Å². The van der Waals surface area contributed by atoms with Gasteiger partial charge in [0.05, 0.1) is 15.7 Å². The lowest BCUT2D eigenvalue weighted by atomic mass is 10.2. The fraction of sp³-hybridized carbons (Fsp3) is 0.143. The van der Waals surface area contributed by atoms with Crippen LogP contribution in [0.15, 0.2) is 86.3 Å². The van der Waals surface area contributed by atoms with Crippen molar-refractivity contribution in [2.45, 2.75) is 40.4 Å². The Morgan fingerprint density at radius 1 is 0.708 bits per heavy atom. The van der Waals surface area contributed by atoms with E-state index in [1.807, 2.05) is 43.3 Å². The monoisotopic (exact) mass is 352 g/mol. The van der Waals surface area contributed by atoms with Gasteiger partial charge in [-0.25, -0.2) is 4.21 Å². The normalized spacial score (nSPS) is 12.1. The summed E-state index contributed by atoms with van der Waals surface area (Å²) in [5.74, 6) is 0. The van der Waals surface area contributed by atoms with Crippen LogP contribution in [0.2, 0.25) is 0 Å². The van der Waals surface area contributed by atoms with Gasteiger partial charge < -0.3 is 0 Å². The highest BCUT2D eigenvalue weighted by molar-refractivity contribution is 8.00. The Bertz CT molecular complexity index is 865. The van der Waals surface area contributed by atoms with E-state index in [9.17, 15) is 4.21 Å². The molecule has 3 aromatic rings. The molecule has 0 radical (unpaired) electrons. The molecule has 3 heteroatoms. The number of hydrogen-bond donors (Lipinski definition) is 0. The van der Waals surface area contributed by atoms with Crippen molar-refractivity contribution in [3.05, 3.63) is 83.4 Å². The molecule has 0 saturated heterocycles. The summed E-state index contributed by atoms with van der Waals surface area (Å²) in [4.78, 5) is 3.93. The van der Waals surface area contributed by atoms with Crippen molar-refractivity contribution in [3.8, 4) is 0 Å². The van der Waals surface area contributed by atoms with Crippen LogP contribution in [0.25, 0.3) is 0 Å². The number of aryl methyl sites for hydroxylation is 3. The van der Waals surface area contributed by atoms with E-state index in [-0.39, 0.29) is 0 Å². The Kier molecular flexibility index (Phi) is 5.22. The van der Waals surface area contributed by atoms with Crippen molar-refractivity contribution in [3.63, 3.8) is 0 Å². The van der Waals surface area contributed by atoms with E-state index in [4.69, 9.17) is 0 Å². The van der Waals surface area contributed by atoms with Crippen LogP contribution in [0.5, 0.6) is 0 Å². The molecule has 1 nitrogen and oxygen atoms in total. The summed E-state index contributed by atoms with van der Waals surface area (Å²) in [7, 11) is -1.17. The Balaban J connectivity index is 1.97. The summed E-state index contributed by atoms with van der Waals surface area (Å²) >= 11 is 1.67. The van der Waals surface area contributed by atoms with Crippen LogP contribution in [-0.4, -0.2) is 4.21 Å². The highest BCUT2D eigenvalue weighted by Crippen LogP contribution is 2.34. The van der Waals surface area contributed by atoms with Gasteiger partial charge in [0.25, 0.3) is 0 Å². The Morgan fingerprint density at radius 2 is 1.25 bits per heavy atom. The highest BCUT2D eigenvalue weighted by atomic mass is 32.2. The first kappa shape index (κ1) is 17.0. The van der Waals surface area contributed by atoms with Crippen molar-refractivity contribution < 1.29 is 4.21 Å². The van der Waals surface area contributed by atoms with E-state index in [2.05, 4.69) is 44.2 Å². The lowest BCUT2D eigenvalue weighted by Crippen LogP contribution is -1.96. The second kappa shape index (κ2) is 7.37. The fourth-order valence-electron chi connectivity index (χ4n) is 2.37. The van der Waals surface area contributed by atoms with Crippen LogP contribution in [0, 0.1) is 20.8 Å². The van der Waals surface area contributed by atoms with Crippen molar-refractivity contribution in [1.29, 1.82) is 0 Å². The van der Waals surface area contributed by atoms with Gasteiger partial charge in [-0.3, -0.25) is 0 Å². The maximum atomic E-state index is 13.0. The highest BCUT2D eigenvalue weighted by Gasteiger charge is 2.13. The summed E-state index contributed by atoms with van der Waals surface area (Å²) in [6, 6.07) is 22.5. The number of benzene rings is 3. The lowest BCUT2D eigenvalue weighted by Gasteiger charge is -2.11. The van der Waals surface area contributed by atoms with Crippen LogP contribution in [0.4, 0.5) is 0 Å². The molecule has 0 fully saturated rings. The van der Waals surface area contributed by atoms with Crippen LogP contribution < -0.4 is 0 Å². The van der Waals surface area contributed by atoms with Crippen LogP contribution in [0.1, 0.15) is 16.7 Å². The molecule has 0 saturated carbocycles. The molecule has 0 aliphatic carbocycles. The zero-order valence-electron chi connectivity index (χ0n) is 14.1. The largest absolute Gasteiger partial charge is 0.249 e. The molecule has 0 aromatic heterocycles. The first-order chi connectivity index (χ1) is 11.5. The molecule has 0 spiro atoms. The zero-order chi connectivity index (χ0) is 17.1. The second-order valence-corrected chi connectivity index (χ2v) is 8.51. The Labute approximate surface area is 150 Å². The maximum Gasteiger partial charge on any atom is 0.0861 e. The van der Waals surface area contributed by atoms with Gasteiger partial charge in [0.2, 0.25) is 0 Å². The predicted octanol–water partition coefficient (Wildman–Crippen LogP) is 5.93. The third-order valence-corrected chi connectivity index (χ3v) is 6.43. The standard InChI is InChI=1S/C21H20OS2/c1-15-4-9-18(10-5-15)23-20-14-17(3)8-13-21(20)24(22)19-11-6-16(2)7-12-19/h4-14H,1-3H3. The zero-order valence-corrected chi connectivity index (χ0v) is 15.7. The van der Waals surface area contributed by atoms with Crippen LogP contribution in [0.3, 0.4) is 0 Å². The van der Waals surface area contributed by atoms with Crippen LogP contribution >= 0.6 is 11.8 Å².